The zero-order chi connectivity index (χ0) is 56.8. The van der Waals surface area contributed by atoms with Gasteiger partial charge in [-0.05, 0) is 170 Å². The molecule has 0 amide bonds. The van der Waals surface area contributed by atoms with Crippen LogP contribution in [0.2, 0.25) is 0 Å². The van der Waals surface area contributed by atoms with Crippen LogP contribution in [0.5, 0.6) is 0 Å². The predicted molar refractivity (Wildman–Crippen MR) is 347 cm³/mol. The van der Waals surface area contributed by atoms with E-state index in [1.54, 1.807) is 0 Å². The van der Waals surface area contributed by atoms with E-state index >= 15 is 0 Å². The van der Waals surface area contributed by atoms with E-state index < -0.39 is 5.54 Å². The lowest BCUT2D eigenvalue weighted by atomic mass is 9.33. The molecule has 3 nitrogen and oxygen atoms in total. The Morgan fingerprint density at radius 2 is 0.988 bits per heavy atom. The molecule has 1 saturated carbocycles. The first-order valence-corrected chi connectivity index (χ1v) is 30.7. The molecule has 0 bridgehead atoms. The summed E-state index contributed by atoms with van der Waals surface area (Å²) in [5.41, 5.74) is 27.5. The average molecular weight is 1060 g/mol. The quantitative estimate of drug-likeness (QED) is 0.163. The fraction of sp³-hybridized carbons (Fsp3) is 0.377. The molecule has 0 saturated heterocycles. The Hall–Kier alpha value is -6.78. The summed E-state index contributed by atoms with van der Waals surface area (Å²) in [5.74, 6) is 0. The lowest BCUT2D eigenvalue weighted by Gasteiger charge is -2.55. The Morgan fingerprint density at radius 1 is 0.432 bits per heavy atom. The fourth-order valence-corrected chi connectivity index (χ4v) is 16.9. The third-order valence-electron chi connectivity index (χ3n) is 21.6. The molecule has 4 atom stereocenters. The monoisotopic (exact) mass is 1060 g/mol. The fourth-order valence-electron chi connectivity index (χ4n) is 16.9. The normalized spacial score (nSPS) is 23.3. The summed E-state index contributed by atoms with van der Waals surface area (Å²) >= 11 is 0. The van der Waals surface area contributed by atoms with Gasteiger partial charge in [-0.25, -0.2) is 0 Å². The minimum Gasteiger partial charge on any atom is -0.335 e. The molecule has 0 spiro atoms. The number of benzene rings is 8. The second-order valence-electron chi connectivity index (χ2n) is 30.2. The molecule has 0 N–H and O–H groups in total. The molecule has 4 heteroatoms. The van der Waals surface area contributed by atoms with E-state index in [1.807, 2.05) is 0 Å². The van der Waals surface area contributed by atoms with Crippen LogP contribution in [-0.4, -0.2) is 12.3 Å². The average Bonchev–Trinajstić information content (AvgIpc) is 1.88. The van der Waals surface area contributed by atoms with Crippen LogP contribution < -0.4 is 31.1 Å². The molecule has 2 aliphatic carbocycles. The number of aryl methyl sites for hydroxylation is 1. The van der Waals surface area contributed by atoms with E-state index in [4.69, 9.17) is 0 Å². The molecular weight excluding hydrogens is 978 g/mol. The first-order valence-electron chi connectivity index (χ1n) is 30.7. The van der Waals surface area contributed by atoms with Crippen LogP contribution in [0.15, 0.2) is 164 Å². The van der Waals surface area contributed by atoms with Gasteiger partial charge in [-0.1, -0.05) is 230 Å². The maximum Gasteiger partial charge on any atom is 0.252 e. The molecule has 1 fully saturated rings. The number of rotatable bonds is 4. The van der Waals surface area contributed by atoms with Crippen molar-refractivity contribution >= 4 is 62.9 Å². The van der Waals surface area contributed by atoms with Gasteiger partial charge in [0.25, 0.3) is 6.71 Å². The van der Waals surface area contributed by atoms with Gasteiger partial charge in [0.05, 0.1) is 16.8 Å². The van der Waals surface area contributed by atoms with Crippen molar-refractivity contribution in [3.05, 3.63) is 214 Å². The zero-order valence-corrected chi connectivity index (χ0v) is 51.3. The second-order valence-corrected chi connectivity index (χ2v) is 30.2. The summed E-state index contributed by atoms with van der Waals surface area (Å²) in [5, 5.41) is 0. The van der Waals surface area contributed by atoms with Crippen molar-refractivity contribution in [2.75, 3.05) is 14.7 Å². The second kappa shape index (κ2) is 17.2. The van der Waals surface area contributed by atoms with Crippen LogP contribution in [0.25, 0.3) is 11.1 Å². The number of hydrogen-bond donors (Lipinski definition) is 0. The zero-order valence-electron chi connectivity index (χ0n) is 51.3. The van der Waals surface area contributed by atoms with Crippen molar-refractivity contribution < 1.29 is 0 Å². The van der Waals surface area contributed by atoms with Gasteiger partial charge < -0.3 is 14.7 Å². The van der Waals surface area contributed by atoms with Gasteiger partial charge in [-0.2, -0.15) is 0 Å². The van der Waals surface area contributed by atoms with E-state index in [0.717, 1.165) is 25.7 Å². The van der Waals surface area contributed by atoms with Crippen molar-refractivity contribution in [1.82, 2.24) is 0 Å². The van der Waals surface area contributed by atoms with Crippen LogP contribution in [0, 0.1) is 0 Å². The first kappa shape index (κ1) is 52.3. The van der Waals surface area contributed by atoms with Crippen LogP contribution in [0.3, 0.4) is 0 Å². The lowest BCUT2D eigenvalue weighted by molar-refractivity contribution is 0.215. The molecule has 8 aromatic rings. The molecular formula is C77H84BN3. The summed E-state index contributed by atoms with van der Waals surface area (Å²) in [4.78, 5) is 8.59. The molecule has 0 aromatic heterocycles. The summed E-state index contributed by atoms with van der Waals surface area (Å²) in [6.07, 6.45) is 6.72. The van der Waals surface area contributed by atoms with Crippen molar-refractivity contribution in [2.45, 2.75) is 186 Å². The Labute approximate surface area is 485 Å². The van der Waals surface area contributed by atoms with Crippen molar-refractivity contribution in [3.8, 4) is 11.1 Å². The van der Waals surface area contributed by atoms with Gasteiger partial charge in [0.2, 0.25) is 0 Å². The standard InChI is InChI=1S/C77H84BN3/c1-70(2,3)52-32-35-63(57(42-52)49-26-18-16-19-27-49)79-65-37-34-54(72(7,8)9)45-61(65)78-62-46-55(73(10,11)12)44-60-69(62)81(75(14)39-24-25-40-77(60,75)51-29-20-17-21-30-51)67-48-56(47-66(79)68(67)78)80-64-36-33-53(71(4,5)6)43-59(64)74(13)41-38-50-28-22-23-31-58(50)76(74,80)15/h16-23,26-37,42-48H,24-25,38-41H2,1-15H3. The van der Waals surface area contributed by atoms with E-state index in [9.17, 15) is 0 Å². The Morgan fingerprint density at radius 3 is 1.67 bits per heavy atom. The molecule has 410 valence electrons. The van der Waals surface area contributed by atoms with Crippen LogP contribution in [0.1, 0.15) is 186 Å². The van der Waals surface area contributed by atoms with Crippen LogP contribution in [0.4, 0.5) is 39.8 Å². The van der Waals surface area contributed by atoms with Crippen molar-refractivity contribution in [2.24, 2.45) is 0 Å². The molecule has 14 rings (SSSR count). The van der Waals surface area contributed by atoms with Crippen LogP contribution in [-0.2, 0) is 44.4 Å². The lowest BCUT2D eigenvalue weighted by Crippen LogP contribution is -2.65. The van der Waals surface area contributed by atoms with Gasteiger partial charge >= 0.3 is 0 Å². The number of anilines is 7. The molecule has 4 aliphatic heterocycles. The highest BCUT2D eigenvalue weighted by Gasteiger charge is 2.65. The molecule has 8 aromatic carbocycles. The van der Waals surface area contributed by atoms with Crippen LogP contribution >= 0.6 is 0 Å². The molecule has 6 aliphatic rings. The number of fused-ring (bicyclic) bond motifs is 12. The maximum absolute atomic E-state index is 2.99. The van der Waals surface area contributed by atoms with Gasteiger partial charge in [0, 0.05) is 50.5 Å². The Kier molecular flexibility index (Phi) is 11.1. The van der Waals surface area contributed by atoms with Crippen molar-refractivity contribution in [3.63, 3.8) is 0 Å². The summed E-state index contributed by atoms with van der Waals surface area (Å²) in [6.45, 7) is 36.6. The minimum absolute atomic E-state index is 0.000927. The van der Waals surface area contributed by atoms with Gasteiger partial charge in [0.1, 0.15) is 0 Å². The van der Waals surface area contributed by atoms with E-state index in [1.165, 1.54) is 130 Å². The Bertz CT molecular complexity index is 3900. The highest BCUT2D eigenvalue weighted by molar-refractivity contribution is 7.00. The highest BCUT2D eigenvalue weighted by atomic mass is 15.3. The van der Waals surface area contributed by atoms with E-state index in [-0.39, 0.29) is 44.7 Å². The predicted octanol–water partition coefficient (Wildman–Crippen LogP) is 18.2. The van der Waals surface area contributed by atoms with E-state index in [2.05, 4.69) is 282 Å². The SMILES string of the molecule is CC(C)(C)c1ccc2c(c1)B1c3cc(C(C)(C)C)cc4c3N(c3cc(N5c6ccc(C(C)(C)C)cc6C6(C)CCc7ccccc7C56C)cc(c31)N2c1ccc(C(C)(C)C)cc1-c1ccccc1)C1(C)CCCCC41c1ccccc1. The van der Waals surface area contributed by atoms with Crippen molar-refractivity contribution in [1.29, 1.82) is 0 Å². The Balaban J connectivity index is 1.17. The topological polar surface area (TPSA) is 9.72 Å². The molecule has 81 heavy (non-hydrogen) atoms. The van der Waals surface area contributed by atoms with Gasteiger partial charge in [0.15, 0.2) is 0 Å². The van der Waals surface area contributed by atoms with E-state index in [0.29, 0.717) is 0 Å². The van der Waals surface area contributed by atoms with Gasteiger partial charge in [-0.3, -0.25) is 0 Å². The molecule has 0 radical (unpaired) electrons. The highest BCUT2D eigenvalue weighted by Crippen LogP contribution is 2.68. The third-order valence-corrected chi connectivity index (χ3v) is 21.6. The number of hydrogen-bond acceptors (Lipinski definition) is 3. The summed E-state index contributed by atoms with van der Waals surface area (Å²) in [6, 6.07) is 65.9. The minimum atomic E-state index is -0.406. The smallest absolute Gasteiger partial charge is 0.252 e. The summed E-state index contributed by atoms with van der Waals surface area (Å²) in [7, 11) is 0. The molecule has 4 heterocycles. The largest absolute Gasteiger partial charge is 0.335 e. The molecule has 4 unspecified atom stereocenters. The maximum atomic E-state index is 2.99. The third kappa shape index (κ3) is 7.13. The number of nitrogens with zero attached hydrogens (tertiary/aromatic N) is 3. The van der Waals surface area contributed by atoms with Gasteiger partial charge in [-0.15, -0.1) is 0 Å². The first-order chi connectivity index (χ1) is 38.3. The summed E-state index contributed by atoms with van der Waals surface area (Å²) < 4.78 is 0.